The van der Waals surface area contributed by atoms with E-state index < -0.39 is 5.97 Å². The molecule has 0 aliphatic rings. The fourth-order valence-corrected chi connectivity index (χ4v) is 2.56. The lowest BCUT2D eigenvalue weighted by atomic mass is 10.2. The van der Waals surface area contributed by atoms with Crippen molar-refractivity contribution in [2.45, 2.75) is 6.61 Å². The normalized spacial score (nSPS) is 10.7. The van der Waals surface area contributed by atoms with Crippen molar-refractivity contribution in [3.63, 3.8) is 0 Å². The van der Waals surface area contributed by atoms with Crippen LogP contribution in [0.2, 0.25) is 5.02 Å². The van der Waals surface area contributed by atoms with Crippen LogP contribution in [0.4, 0.5) is 0 Å². The number of carbonyl (C=O) groups excluding carboxylic acids is 1. The van der Waals surface area contributed by atoms with Crippen LogP contribution in [0.5, 0.6) is 11.5 Å². The smallest absolute Gasteiger partial charge is 0.371 e. The van der Waals surface area contributed by atoms with Crippen molar-refractivity contribution in [3.05, 3.63) is 82.3 Å². The lowest BCUT2D eigenvalue weighted by molar-refractivity contribution is 0.0657. The lowest BCUT2D eigenvalue weighted by Crippen LogP contribution is -2.17. The molecule has 2 aromatic carbocycles. The molecular formula is C21H17ClN2O6. The Hall–Kier alpha value is -3.78. The second-order valence-corrected chi connectivity index (χ2v) is 6.41. The molecule has 0 bridgehead atoms. The number of hydrogen-bond donors (Lipinski definition) is 2. The van der Waals surface area contributed by atoms with Crippen LogP contribution in [-0.2, 0) is 6.61 Å². The highest BCUT2D eigenvalue weighted by Crippen LogP contribution is 2.28. The van der Waals surface area contributed by atoms with Gasteiger partial charge in [0.1, 0.15) is 12.4 Å². The Kier molecular flexibility index (Phi) is 6.71. The number of hydrazone groups is 1. The minimum Gasteiger partial charge on any atom is -0.493 e. The number of carboxylic acid groups (broad SMARTS) is 1. The van der Waals surface area contributed by atoms with E-state index >= 15 is 0 Å². The summed E-state index contributed by atoms with van der Waals surface area (Å²) in [6.07, 6.45) is 1.46. The van der Waals surface area contributed by atoms with Crippen LogP contribution in [0.15, 0.2) is 64.1 Å². The van der Waals surface area contributed by atoms with E-state index in [4.69, 9.17) is 30.6 Å². The summed E-state index contributed by atoms with van der Waals surface area (Å²) in [6.45, 7) is 0.0359. The van der Waals surface area contributed by atoms with E-state index in [2.05, 4.69) is 10.5 Å². The lowest BCUT2D eigenvalue weighted by Gasteiger charge is -2.10. The molecule has 3 rings (SSSR count). The number of aromatic carboxylic acids is 1. The average molecular weight is 429 g/mol. The van der Waals surface area contributed by atoms with Crippen LogP contribution in [-0.4, -0.2) is 30.3 Å². The first kappa shape index (κ1) is 20.9. The van der Waals surface area contributed by atoms with Crippen LogP contribution in [0.1, 0.15) is 32.2 Å². The summed E-state index contributed by atoms with van der Waals surface area (Å²) < 4.78 is 16.1. The van der Waals surface area contributed by atoms with Crippen molar-refractivity contribution in [1.82, 2.24) is 5.43 Å². The molecule has 0 aliphatic carbocycles. The molecule has 0 saturated heterocycles. The highest BCUT2D eigenvalue weighted by molar-refractivity contribution is 6.30. The first-order chi connectivity index (χ1) is 14.5. The third-order valence-electron chi connectivity index (χ3n) is 3.92. The Labute approximate surface area is 176 Å². The van der Waals surface area contributed by atoms with Gasteiger partial charge in [0, 0.05) is 10.6 Å². The molecule has 0 atom stereocenters. The van der Waals surface area contributed by atoms with E-state index in [1.807, 2.05) is 0 Å². The fraction of sp³-hybridized carbons (Fsp3) is 0.0952. The van der Waals surface area contributed by atoms with Crippen LogP contribution >= 0.6 is 11.6 Å². The molecule has 1 amide bonds. The third kappa shape index (κ3) is 5.39. The number of hydrogen-bond acceptors (Lipinski definition) is 6. The Balaban J connectivity index is 1.61. The van der Waals surface area contributed by atoms with Gasteiger partial charge in [-0.3, -0.25) is 4.79 Å². The van der Waals surface area contributed by atoms with Crippen molar-refractivity contribution in [2.75, 3.05) is 7.11 Å². The van der Waals surface area contributed by atoms with Gasteiger partial charge in [-0.05, 0) is 60.2 Å². The predicted octanol–water partition coefficient (Wildman–Crippen LogP) is 3.98. The van der Waals surface area contributed by atoms with Crippen molar-refractivity contribution in [2.24, 2.45) is 5.10 Å². The van der Waals surface area contributed by atoms with Gasteiger partial charge >= 0.3 is 5.97 Å². The summed E-state index contributed by atoms with van der Waals surface area (Å²) in [6, 6.07) is 14.4. The van der Waals surface area contributed by atoms with Crippen LogP contribution in [0, 0.1) is 0 Å². The maximum atomic E-state index is 12.0. The summed E-state index contributed by atoms with van der Waals surface area (Å²) in [7, 11) is 1.49. The maximum absolute atomic E-state index is 12.0. The topological polar surface area (TPSA) is 110 Å². The highest BCUT2D eigenvalue weighted by Gasteiger charge is 2.11. The Morgan fingerprint density at radius 2 is 1.90 bits per heavy atom. The number of carboxylic acids is 1. The molecule has 0 spiro atoms. The zero-order valence-electron chi connectivity index (χ0n) is 15.8. The minimum atomic E-state index is -1.15. The molecule has 0 unspecified atom stereocenters. The Morgan fingerprint density at radius 1 is 1.13 bits per heavy atom. The Morgan fingerprint density at radius 3 is 2.57 bits per heavy atom. The van der Waals surface area contributed by atoms with E-state index in [-0.39, 0.29) is 18.3 Å². The van der Waals surface area contributed by atoms with E-state index in [1.54, 1.807) is 42.5 Å². The quantitative estimate of drug-likeness (QED) is 0.414. The van der Waals surface area contributed by atoms with Crippen LogP contribution in [0.25, 0.3) is 0 Å². The third-order valence-corrected chi connectivity index (χ3v) is 4.17. The molecule has 0 aliphatic heterocycles. The number of methoxy groups -OCH3 is 1. The van der Waals surface area contributed by atoms with E-state index in [0.29, 0.717) is 33.4 Å². The molecule has 30 heavy (non-hydrogen) atoms. The molecule has 8 nitrogen and oxygen atoms in total. The van der Waals surface area contributed by atoms with Crippen molar-refractivity contribution >= 4 is 29.7 Å². The van der Waals surface area contributed by atoms with Gasteiger partial charge in [0.15, 0.2) is 11.5 Å². The van der Waals surface area contributed by atoms with Crippen molar-refractivity contribution in [1.29, 1.82) is 0 Å². The van der Waals surface area contributed by atoms with Gasteiger partial charge in [0.2, 0.25) is 5.76 Å². The van der Waals surface area contributed by atoms with Crippen LogP contribution < -0.4 is 14.9 Å². The summed E-state index contributed by atoms with van der Waals surface area (Å²) >= 11 is 5.80. The number of nitrogens with one attached hydrogen (secondary N) is 1. The monoisotopic (exact) mass is 428 g/mol. The van der Waals surface area contributed by atoms with Gasteiger partial charge < -0.3 is 19.0 Å². The molecule has 0 radical (unpaired) electrons. The summed E-state index contributed by atoms with van der Waals surface area (Å²) in [5, 5.41) is 13.4. The molecule has 9 heteroatoms. The average Bonchev–Trinajstić information content (AvgIpc) is 3.22. The van der Waals surface area contributed by atoms with Crippen LogP contribution in [0.3, 0.4) is 0 Å². The Bertz CT molecular complexity index is 1080. The summed E-state index contributed by atoms with van der Waals surface area (Å²) in [5.74, 6) is -0.432. The standard InChI is InChI=1S/C21H17ClN2O6/c1-28-19-10-13(11-23-24-20(25)14-3-5-15(22)6-4-14)2-8-17(19)29-12-16-7-9-18(30-16)21(26)27/h2-11H,12H2,1H3,(H,24,25)(H,26,27)/b23-11-. The fourth-order valence-electron chi connectivity index (χ4n) is 2.43. The SMILES string of the molecule is COc1cc(/C=N\NC(=O)c2ccc(Cl)cc2)ccc1OCc1ccc(C(=O)O)o1. The number of rotatable bonds is 8. The van der Waals surface area contributed by atoms with Gasteiger partial charge in [0.25, 0.3) is 5.91 Å². The number of nitrogens with zero attached hydrogens (tertiary/aromatic N) is 1. The first-order valence-corrected chi connectivity index (χ1v) is 9.06. The number of ether oxygens (including phenoxy) is 2. The van der Waals surface area contributed by atoms with Gasteiger partial charge in [-0.2, -0.15) is 5.10 Å². The number of amides is 1. The van der Waals surface area contributed by atoms with E-state index in [1.165, 1.54) is 25.5 Å². The molecule has 154 valence electrons. The molecular weight excluding hydrogens is 412 g/mol. The molecule has 3 aromatic rings. The van der Waals surface area contributed by atoms with E-state index in [0.717, 1.165) is 0 Å². The van der Waals surface area contributed by atoms with Gasteiger partial charge in [-0.25, -0.2) is 10.2 Å². The van der Waals surface area contributed by atoms with Gasteiger partial charge in [-0.1, -0.05) is 11.6 Å². The van der Waals surface area contributed by atoms with E-state index in [9.17, 15) is 9.59 Å². The first-order valence-electron chi connectivity index (χ1n) is 8.68. The minimum absolute atomic E-state index is 0.0359. The summed E-state index contributed by atoms with van der Waals surface area (Å²) in [4.78, 5) is 22.9. The highest BCUT2D eigenvalue weighted by atomic mass is 35.5. The number of carbonyl (C=O) groups is 2. The zero-order chi connectivity index (χ0) is 21.5. The molecule has 0 fully saturated rings. The number of furan rings is 1. The zero-order valence-corrected chi connectivity index (χ0v) is 16.6. The molecule has 2 N–H and O–H groups in total. The summed E-state index contributed by atoms with van der Waals surface area (Å²) in [5.41, 5.74) is 3.53. The second kappa shape index (κ2) is 9.62. The molecule has 1 aromatic heterocycles. The largest absolute Gasteiger partial charge is 0.493 e. The van der Waals surface area contributed by atoms with Gasteiger partial charge in [0.05, 0.1) is 13.3 Å². The maximum Gasteiger partial charge on any atom is 0.371 e. The predicted molar refractivity (Wildman–Crippen MR) is 110 cm³/mol. The second-order valence-electron chi connectivity index (χ2n) is 5.98. The molecule has 0 saturated carbocycles. The van der Waals surface area contributed by atoms with Crippen molar-refractivity contribution < 1.29 is 28.6 Å². The molecule has 1 heterocycles. The van der Waals surface area contributed by atoms with Crippen molar-refractivity contribution in [3.8, 4) is 11.5 Å². The number of halogens is 1. The van der Waals surface area contributed by atoms with Gasteiger partial charge in [-0.15, -0.1) is 0 Å². The number of benzene rings is 2.